The number of ether oxygens (including phenoxy) is 1. The lowest BCUT2D eigenvalue weighted by atomic mass is 10.1. The normalized spacial score (nSPS) is 12.0. The first-order valence-electron chi connectivity index (χ1n) is 8.89. The quantitative estimate of drug-likeness (QED) is 0.175. The Kier molecular flexibility index (Phi) is 17.8. The number of nitrogens with one attached hydrogen (secondary N) is 1. The minimum Gasteiger partial charge on any atom is -0.465 e. The second-order valence-electron chi connectivity index (χ2n) is 5.71. The van der Waals surface area contributed by atoms with Crippen molar-refractivity contribution in [2.75, 3.05) is 23.9 Å². The molecule has 1 unspecified atom stereocenters. The molecule has 0 aliphatic carbocycles. The number of rotatable bonds is 16. The third kappa shape index (κ3) is 15.5. The molecule has 0 radical (unpaired) electrons. The lowest BCUT2D eigenvalue weighted by Crippen LogP contribution is -2.28. The SMILES string of the molecule is CCCCCCCCCCOC(=O)C(CSCCS)SNC(C)=O. The van der Waals surface area contributed by atoms with Gasteiger partial charge >= 0.3 is 5.97 Å². The zero-order valence-electron chi connectivity index (χ0n) is 15.1. The lowest BCUT2D eigenvalue weighted by Gasteiger charge is -2.15. The van der Waals surface area contributed by atoms with Crippen molar-refractivity contribution in [1.29, 1.82) is 0 Å². The number of esters is 1. The molecular weight excluding hydrogens is 362 g/mol. The van der Waals surface area contributed by atoms with Crippen molar-refractivity contribution >= 4 is 48.2 Å². The molecule has 0 heterocycles. The van der Waals surface area contributed by atoms with Crippen LogP contribution in [0.4, 0.5) is 0 Å². The smallest absolute Gasteiger partial charge is 0.321 e. The summed E-state index contributed by atoms with van der Waals surface area (Å²) in [5.74, 6) is 1.89. The number of unbranched alkanes of at least 4 members (excludes halogenated alkanes) is 7. The molecule has 0 aromatic rings. The highest BCUT2D eigenvalue weighted by Gasteiger charge is 2.21. The molecule has 0 saturated heterocycles. The van der Waals surface area contributed by atoms with Crippen LogP contribution in [0.3, 0.4) is 0 Å². The van der Waals surface area contributed by atoms with Crippen LogP contribution in [0.5, 0.6) is 0 Å². The zero-order valence-corrected chi connectivity index (χ0v) is 17.6. The van der Waals surface area contributed by atoms with Gasteiger partial charge in [-0.15, -0.1) is 0 Å². The van der Waals surface area contributed by atoms with E-state index in [4.69, 9.17) is 4.74 Å². The summed E-state index contributed by atoms with van der Waals surface area (Å²) in [6.07, 6.45) is 9.76. The Morgan fingerprint density at radius 2 is 1.71 bits per heavy atom. The van der Waals surface area contributed by atoms with Gasteiger partial charge in [0, 0.05) is 18.4 Å². The van der Waals surface area contributed by atoms with E-state index in [9.17, 15) is 9.59 Å². The summed E-state index contributed by atoms with van der Waals surface area (Å²) in [5.41, 5.74) is 0. The molecule has 0 aliphatic heterocycles. The average molecular weight is 396 g/mol. The number of thioether (sulfide) groups is 1. The summed E-state index contributed by atoms with van der Waals surface area (Å²) in [6, 6.07) is 0. The predicted molar refractivity (Wildman–Crippen MR) is 110 cm³/mol. The van der Waals surface area contributed by atoms with Crippen LogP contribution in [0.15, 0.2) is 0 Å². The van der Waals surface area contributed by atoms with E-state index < -0.39 is 0 Å². The van der Waals surface area contributed by atoms with Crippen molar-refractivity contribution in [3.8, 4) is 0 Å². The largest absolute Gasteiger partial charge is 0.465 e. The van der Waals surface area contributed by atoms with E-state index in [0.717, 1.165) is 36.3 Å². The van der Waals surface area contributed by atoms with Gasteiger partial charge in [-0.1, -0.05) is 51.9 Å². The molecule has 0 aromatic heterocycles. The first-order valence-corrected chi connectivity index (χ1v) is 11.6. The molecule has 0 bridgehead atoms. The molecule has 0 saturated carbocycles. The van der Waals surface area contributed by atoms with Crippen LogP contribution in [0.25, 0.3) is 0 Å². The molecule has 1 N–H and O–H groups in total. The number of hydrogen-bond acceptors (Lipinski definition) is 6. The molecule has 0 aliphatic rings. The van der Waals surface area contributed by atoms with E-state index in [-0.39, 0.29) is 17.1 Å². The van der Waals surface area contributed by atoms with Gasteiger partial charge in [0.25, 0.3) is 0 Å². The molecule has 7 heteroatoms. The van der Waals surface area contributed by atoms with Gasteiger partial charge in [0.15, 0.2) is 0 Å². The number of carbonyl (C=O) groups is 2. The summed E-state index contributed by atoms with van der Waals surface area (Å²) < 4.78 is 8.00. The molecular formula is C17H33NO3S3. The van der Waals surface area contributed by atoms with Gasteiger partial charge < -0.3 is 4.74 Å². The molecule has 0 spiro atoms. The second kappa shape index (κ2) is 17.8. The van der Waals surface area contributed by atoms with Crippen molar-refractivity contribution in [3.05, 3.63) is 0 Å². The Hall–Kier alpha value is -0.0100. The molecule has 0 aromatic carbocycles. The number of amides is 1. The van der Waals surface area contributed by atoms with Crippen molar-refractivity contribution in [3.63, 3.8) is 0 Å². The molecule has 4 nitrogen and oxygen atoms in total. The Balaban J connectivity index is 3.80. The first kappa shape index (κ1) is 24.0. The summed E-state index contributed by atoms with van der Waals surface area (Å²) >= 11 is 6.96. The minimum absolute atomic E-state index is 0.153. The van der Waals surface area contributed by atoms with Crippen LogP contribution in [-0.4, -0.2) is 41.0 Å². The standard InChI is InChI=1S/C17H33NO3S3/c1-3-4-5-6-7-8-9-10-11-21-17(20)16(14-23-13-12-22)24-18-15(2)19/h16,22H,3-14H2,1-2H3,(H,18,19). The average Bonchev–Trinajstić information content (AvgIpc) is 2.56. The molecule has 0 rings (SSSR count). The van der Waals surface area contributed by atoms with E-state index in [1.807, 2.05) is 0 Å². The number of carbonyl (C=O) groups excluding carboxylic acids is 2. The Morgan fingerprint density at radius 3 is 2.29 bits per heavy atom. The maximum Gasteiger partial charge on any atom is 0.321 e. The van der Waals surface area contributed by atoms with Crippen LogP contribution in [0.1, 0.15) is 65.2 Å². The third-order valence-electron chi connectivity index (χ3n) is 3.35. The van der Waals surface area contributed by atoms with Crippen molar-refractivity contribution < 1.29 is 14.3 Å². The highest BCUT2D eigenvalue weighted by atomic mass is 32.2. The van der Waals surface area contributed by atoms with Gasteiger partial charge in [0.2, 0.25) is 5.91 Å². The second-order valence-corrected chi connectivity index (χ2v) is 8.31. The first-order chi connectivity index (χ1) is 11.6. The topological polar surface area (TPSA) is 55.4 Å². The monoisotopic (exact) mass is 395 g/mol. The maximum atomic E-state index is 12.1. The van der Waals surface area contributed by atoms with Crippen molar-refractivity contribution in [2.45, 2.75) is 70.5 Å². The molecule has 24 heavy (non-hydrogen) atoms. The predicted octanol–water partition coefficient (Wildman–Crippen LogP) is 4.49. The van der Waals surface area contributed by atoms with E-state index in [0.29, 0.717) is 12.4 Å². The summed E-state index contributed by atoms with van der Waals surface area (Å²) in [7, 11) is 0. The summed E-state index contributed by atoms with van der Waals surface area (Å²) in [6.45, 7) is 4.14. The van der Waals surface area contributed by atoms with Crippen LogP contribution >= 0.6 is 36.3 Å². The number of thiol groups is 1. The van der Waals surface area contributed by atoms with E-state index >= 15 is 0 Å². The van der Waals surface area contributed by atoms with Gasteiger partial charge in [-0.3, -0.25) is 14.3 Å². The van der Waals surface area contributed by atoms with Gasteiger partial charge in [-0.2, -0.15) is 24.4 Å². The molecule has 1 amide bonds. The van der Waals surface area contributed by atoms with Crippen LogP contribution in [0.2, 0.25) is 0 Å². The minimum atomic E-state index is -0.354. The fourth-order valence-corrected chi connectivity index (χ4v) is 4.13. The Morgan fingerprint density at radius 1 is 1.08 bits per heavy atom. The number of hydrogen-bond donors (Lipinski definition) is 2. The maximum absolute atomic E-state index is 12.1. The molecule has 0 fully saturated rings. The van der Waals surface area contributed by atoms with Crippen LogP contribution < -0.4 is 4.72 Å². The fourth-order valence-electron chi connectivity index (χ4n) is 2.06. The zero-order chi connectivity index (χ0) is 18.0. The van der Waals surface area contributed by atoms with Gasteiger partial charge in [-0.05, 0) is 24.1 Å². The third-order valence-corrected chi connectivity index (χ3v) is 6.20. The lowest BCUT2D eigenvalue weighted by molar-refractivity contribution is -0.142. The van der Waals surface area contributed by atoms with Crippen LogP contribution in [-0.2, 0) is 14.3 Å². The van der Waals surface area contributed by atoms with E-state index in [1.54, 1.807) is 11.8 Å². The fraction of sp³-hybridized carbons (Fsp3) is 0.882. The van der Waals surface area contributed by atoms with E-state index in [2.05, 4.69) is 24.3 Å². The highest BCUT2D eigenvalue weighted by Crippen LogP contribution is 2.16. The highest BCUT2D eigenvalue weighted by molar-refractivity contribution is 8.03. The Labute approximate surface area is 161 Å². The molecule has 142 valence electrons. The van der Waals surface area contributed by atoms with Crippen LogP contribution in [0, 0.1) is 0 Å². The van der Waals surface area contributed by atoms with Crippen molar-refractivity contribution in [1.82, 2.24) is 4.72 Å². The Bertz CT molecular complexity index is 330. The van der Waals surface area contributed by atoms with Crippen molar-refractivity contribution in [2.24, 2.45) is 0 Å². The van der Waals surface area contributed by atoms with Gasteiger partial charge in [-0.25, -0.2) is 0 Å². The van der Waals surface area contributed by atoms with Gasteiger partial charge in [0.05, 0.1) is 6.61 Å². The summed E-state index contributed by atoms with van der Waals surface area (Å²) in [5, 5.41) is -0.354. The summed E-state index contributed by atoms with van der Waals surface area (Å²) in [4.78, 5) is 23.2. The van der Waals surface area contributed by atoms with E-state index in [1.165, 1.54) is 45.4 Å². The molecule has 1 atom stereocenters. The van der Waals surface area contributed by atoms with Gasteiger partial charge in [0.1, 0.15) is 5.25 Å².